The number of rotatable bonds is 3. The molecular formula is C11H22N2S. The van der Waals surface area contributed by atoms with E-state index in [-0.39, 0.29) is 0 Å². The Morgan fingerprint density at radius 2 is 2.14 bits per heavy atom. The quantitative estimate of drug-likeness (QED) is 0.751. The first-order chi connectivity index (χ1) is 6.84. The summed E-state index contributed by atoms with van der Waals surface area (Å²) in [6.45, 7) is 1.21. The van der Waals surface area contributed by atoms with E-state index in [1.54, 1.807) is 0 Å². The van der Waals surface area contributed by atoms with E-state index in [1.165, 1.54) is 50.8 Å². The minimum atomic E-state index is 0.456. The first-order valence-electron chi connectivity index (χ1n) is 5.95. The molecule has 0 spiro atoms. The van der Waals surface area contributed by atoms with Crippen molar-refractivity contribution in [3.63, 3.8) is 0 Å². The molecule has 3 N–H and O–H groups in total. The minimum absolute atomic E-state index is 0.456. The van der Waals surface area contributed by atoms with Crippen LogP contribution in [0.25, 0.3) is 0 Å². The summed E-state index contributed by atoms with van der Waals surface area (Å²) in [5.74, 6) is 1.37. The van der Waals surface area contributed by atoms with E-state index in [0.29, 0.717) is 12.1 Å². The average Bonchev–Trinajstić information content (AvgIpc) is 2.67. The third-order valence-electron chi connectivity index (χ3n) is 3.37. The average molecular weight is 214 g/mol. The predicted molar refractivity (Wildman–Crippen MR) is 63.7 cm³/mol. The van der Waals surface area contributed by atoms with Gasteiger partial charge < -0.3 is 11.1 Å². The summed E-state index contributed by atoms with van der Waals surface area (Å²) in [6, 6.07) is 1.16. The van der Waals surface area contributed by atoms with Gasteiger partial charge in [-0.25, -0.2) is 0 Å². The Labute approximate surface area is 91.4 Å². The lowest BCUT2D eigenvalue weighted by Gasteiger charge is -2.28. The van der Waals surface area contributed by atoms with Gasteiger partial charge in [0.15, 0.2) is 0 Å². The zero-order valence-corrected chi connectivity index (χ0v) is 9.69. The van der Waals surface area contributed by atoms with E-state index in [1.807, 2.05) is 0 Å². The third-order valence-corrected chi connectivity index (χ3v) is 4.77. The van der Waals surface area contributed by atoms with Crippen molar-refractivity contribution in [3.8, 4) is 0 Å². The van der Waals surface area contributed by atoms with Crippen LogP contribution in [0, 0.1) is 0 Å². The van der Waals surface area contributed by atoms with Crippen LogP contribution in [0.15, 0.2) is 0 Å². The van der Waals surface area contributed by atoms with Gasteiger partial charge in [-0.1, -0.05) is 6.42 Å². The Kier molecular flexibility index (Phi) is 4.14. The summed E-state index contributed by atoms with van der Waals surface area (Å²) in [5, 5.41) is 4.58. The van der Waals surface area contributed by atoms with E-state index in [4.69, 9.17) is 5.73 Å². The predicted octanol–water partition coefficient (Wildman–Crippen LogP) is 1.74. The fourth-order valence-electron chi connectivity index (χ4n) is 2.52. The van der Waals surface area contributed by atoms with Crippen molar-refractivity contribution >= 4 is 11.8 Å². The molecule has 1 heterocycles. The van der Waals surface area contributed by atoms with Gasteiger partial charge in [-0.2, -0.15) is 11.8 Å². The summed E-state index contributed by atoms with van der Waals surface area (Å²) in [5.41, 5.74) is 5.96. The molecule has 0 radical (unpaired) electrons. The zero-order valence-electron chi connectivity index (χ0n) is 8.87. The molecule has 0 aromatic heterocycles. The van der Waals surface area contributed by atoms with Crippen LogP contribution in [0.3, 0.4) is 0 Å². The highest BCUT2D eigenvalue weighted by molar-refractivity contribution is 8.00. The molecule has 3 heteroatoms. The molecular weight excluding hydrogens is 192 g/mol. The summed E-state index contributed by atoms with van der Waals surface area (Å²) >= 11 is 2.14. The number of thioether (sulfide) groups is 1. The lowest BCUT2D eigenvalue weighted by Crippen LogP contribution is -2.41. The number of nitrogens with two attached hydrogens (primary N) is 1. The largest absolute Gasteiger partial charge is 0.328 e. The van der Waals surface area contributed by atoms with E-state index in [9.17, 15) is 0 Å². The Bertz CT molecular complexity index is 169. The van der Waals surface area contributed by atoms with Crippen LogP contribution in [-0.4, -0.2) is 29.6 Å². The van der Waals surface area contributed by atoms with Crippen LogP contribution in [-0.2, 0) is 0 Å². The molecule has 2 nitrogen and oxygen atoms in total. The summed E-state index contributed by atoms with van der Waals surface area (Å²) in [7, 11) is 0. The highest BCUT2D eigenvalue weighted by Crippen LogP contribution is 2.26. The Morgan fingerprint density at radius 3 is 2.86 bits per heavy atom. The molecule has 1 saturated carbocycles. The monoisotopic (exact) mass is 214 g/mol. The van der Waals surface area contributed by atoms with Gasteiger partial charge in [-0.05, 0) is 37.9 Å². The topological polar surface area (TPSA) is 38.0 Å². The van der Waals surface area contributed by atoms with Crippen LogP contribution in [0.4, 0.5) is 0 Å². The number of nitrogens with one attached hydrogen (secondary N) is 1. The summed E-state index contributed by atoms with van der Waals surface area (Å²) < 4.78 is 0. The van der Waals surface area contributed by atoms with E-state index >= 15 is 0 Å². The van der Waals surface area contributed by atoms with Crippen LogP contribution < -0.4 is 11.1 Å². The van der Waals surface area contributed by atoms with E-state index in [2.05, 4.69) is 17.1 Å². The SMILES string of the molecule is NC1CCCC(NCC2CCCS2)C1. The molecule has 0 aromatic carbocycles. The molecule has 3 unspecified atom stereocenters. The highest BCUT2D eigenvalue weighted by Gasteiger charge is 2.21. The number of hydrogen-bond donors (Lipinski definition) is 2. The molecule has 0 amide bonds. The second-order valence-electron chi connectivity index (χ2n) is 4.67. The molecule has 82 valence electrons. The van der Waals surface area contributed by atoms with Crippen molar-refractivity contribution in [1.82, 2.24) is 5.32 Å². The van der Waals surface area contributed by atoms with E-state index in [0.717, 1.165) is 5.25 Å². The normalized spacial score (nSPS) is 38.8. The summed E-state index contributed by atoms with van der Waals surface area (Å²) in [6.07, 6.45) is 7.91. The molecule has 14 heavy (non-hydrogen) atoms. The third kappa shape index (κ3) is 3.14. The fourth-order valence-corrected chi connectivity index (χ4v) is 3.73. The van der Waals surface area contributed by atoms with Crippen molar-refractivity contribution in [2.24, 2.45) is 5.73 Å². The van der Waals surface area contributed by atoms with Gasteiger partial charge in [0.05, 0.1) is 0 Å². The molecule has 2 aliphatic rings. The standard InChI is InChI=1S/C11H22N2S/c12-9-3-1-4-10(7-9)13-8-11-5-2-6-14-11/h9-11,13H,1-8,12H2. The molecule has 0 bridgehead atoms. The highest BCUT2D eigenvalue weighted by atomic mass is 32.2. The van der Waals surface area contributed by atoms with Crippen molar-refractivity contribution in [2.75, 3.05) is 12.3 Å². The van der Waals surface area contributed by atoms with E-state index < -0.39 is 0 Å². The maximum atomic E-state index is 5.96. The smallest absolute Gasteiger partial charge is 0.0172 e. The van der Waals surface area contributed by atoms with Gasteiger partial charge in [0.1, 0.15) is 0 Å². The van der Waals surface area contributed by atoms with Crippen LogP contribution in [0.5, 0.6) is 0 Å². The lowest BCUT2D eigenvalue weighted by atomic mass is 9.91. The van der Waals surface area contributed by atoms with Crippen LogP contribution in [0.1, 0.15) is 38.5 Å². The molecule has 0 aromatic rings. The molecule has 1 aliphatic heterocycles. The second kappa shape index (κ2) is 5.38. The summed E-state index contributed by atoms with van der Waals surface area (Å²) in [4.78, 5) is 0. The van der Waals surface area contributed by atoms with Crippen molar-refractivity contribution in [2.45, 2.75) is 55.9 Å². The second-order valence-corrected chi connectivity index (χ2v) is 6.08. The maximum absolute atomic E-state index is 5.96. The number of hydrogen-bond acceptors (Lipinski definition) is 3. The maximum Gasteiger partial charge on any atom is 0.0172 e. The molecule has 1 aliphatic carbocycles. The molecule has 2 rings (SSSR count). The van der Waals surface area contributed by atoms with Crippen LogP contribution in [0.2, 0.25) is 0 Å². The van der Waals surface area contributed by atoms with Gasteiger partial charge in [-0.3, -0.25) is 0 Å². The van der Waals surface area contributed by atoms with Crippen molar-refractivity contribution < 1.29 is 0 Å². The lowest BCUT2D eigenvalue weighted by molar-refractivity contribution is 0.340. The fraction of sp³-hybridized carbons (Fsp3) is 1.00. The van der Waals surface area contributed by atoms with Crippen LogP contribution >= 0.6 is 11.8 Å². The molecule has 1 saturated heterocycles. The zero-order chi connectivity index (χ0) is 9.80. The van der Waals surface area contributed by atoms with Crippen molar-refractivity contribution in [3.05, 3.63) is 0 Å². The molecule has 3 atom stereocenters. The van der Waals surface area contributed by atoms with Gasteiger partial charge in [0.2, 0.25) is 0 Å². The van der Waals surface area contributed by atoms with Crippen molar-refractivity contribution in [1.29, 1.82) is 0 Å². The Balaban J connectivity index is 1.64. The van der Waals surface area contributed by atoms with Gasteiger partial charge >= 0.3 is 0 Å². The Morgan fingerprint density at radius 1 is 1.21 bits per heavy atom. The first kappa shape index (κ1) is 10.8. The van der Waals surface area contributed by atoms with Gasteiger partial charge in [-0.15, -0.1) is 0 Å². The minimum Gasteiger partial charge on any atom is -0.328 e. The Hall–Kier alpha value is 0.270. The molecule has 2 fully saturated rings. The van der Waals surface area contributed by atoms with Gasteiger partial charge in [0, 0.05) is 23.9 Å². The van der Waals surface area contributed by atoms with Gasteiger partial charge in [0.25, 0.3) is 0 Å². The first-order valence-corrected chi connectivity index (χ1v) is 7.00.